The summed E-state index contributed by atoms with van der Waals surface area (Å²) >= 11 is 0. The summed E-state index contributed by atoms with van der Waals surface area (Å²) < 4.78 is 11.6. The maximum atomic E-state index is 6.83. The highest BCUT2D eigenvalue weighted by molar-refractivity contribution is 6.34. The normalized spacial score (nSPS) is 11.9. The van der Waals surface area contributed by atoms with Crippen molar-refractivity contribution < 1.29 is 4.42 Å². The second kappa shape index (κ2) is 12.3. The van der Waals surface area contributed by atoms with E-state index < -0.39 is 0 Å². The van der Waals surface area contributed by atoms with Gasteiger partial charge in [0.15, 0.2) is 17.5 Å². The fraction of sp³-hybridized carbons (Fsp3) is 0. The highest BCUT2D eigenvalue weighted by Crippen LogP contribution is 2.46. The van der Waals surface area contributed by atoms with Gasteiger partial charge in [-0.25, -0.2) is 15.0 Å². The zero-order chi connectivity index (χ0) is 37.5. The molecule has 4 heterocycles. The third kappa shape index (κ3) is 4.81. The Morgan fingerprint density at radius 1 is 0.333 bits per heavy atom. The molecule has 0 atom stereocenters. The molecule has 12 aromatic rings. The summed E-state index contributed by atoms with van der Waals surface area (Å²) in [5.74, 6) is 1.87. The molecule has 0 amide bonds. The van der Waals surface area contributed by atoms with Gasteiger partial charge in [0.1, 0.15) is 11.2 Å². The molecule has 0 radical (unpaired) electrons. The summed E-state index contributed by atoms with van der Waals surface area (Å²) in [6, 6.07) is 65.4. The Morgan fingerprint density at radius 2 is 0.842 bits per heavy atom. The standard InChI is InChI=1S/C51H31N5O/c1-4-15-32(16-5-1)49-52-50(33-17-6-2-7-18-33)54-51(53-49)34-19-14-22-36(31-34)56-42-30-29-41-45(39-24-10-12-25-40(39)55(41)35-20-8-3-9-21-35)46(42)47-43(56)28-27-38-37-23-11-13-26-44(37)57-48(38)47/h1-31H. The van der Waals surface area contributed by atoms with Crippen LogP contribution in [0.25, 0.3) is 111 Å². The van der Waals surface area contributed by atoms with Gasteiger partial charge >= 0.3 is 0 Å². The van der Waals surface area contributed by atoms with E-state index in [1.165, 1.54) is 10.8 Å². The van der Waals surface area contributed by atoms with Crippen molar-refractivity contribution in [2.75, 3.05) is 0 Å². The molecule has 0 aliphatic heterocycles. The molecule has 0 aliphatic carbocycles. The number of aromatic nitrogens is 5. The minimum atomic E-state index is 0.610. The molecule has 0 N–H and O–H groups in total. The van der Waals surface area contributed by atoms with Crippen LogP contribution in [0.1, 0.15) is 0 Å². The lowest BCUT2D eigenvalue weighted by Crippen LogP contribution is -2.01. The Balaban J connectivity index is 1.17. The largest absolute Gasteiger partial charge is 0.455 e. The van der Waals surface area contributed by atoms with E-state index in [-0.39, 0.29) is 0 Å². The van der Waals surface area contributed by atoms with Crippen molar-refractivity contribution in [3.05, 3.63) is 188 Å². The van der Waals surface area contributed by atoms with Gasteiger partial charge in [0.05, 0.1) is 27.5 Å². The van der Waals surface area contributed by atoms with Gasteiger partial charge in [-0.3, -0.25) is 0 Å². The molecule has 0 saturated heterocycles. The quantitative estimate of drug-likeness (QED) is 0.177. The van der Waals surface area contributed by atoms with Gasteiger partial charge in [0.25, 0.3) is 0 Å². The molecule has 0 unspecified atom stereocenters. The van der Waals surface area contributed by atoms with E-state index in [9.17, 15) is 0 Å². The van der Waals surface area contributed by atoms with Crippen LogP contribution in [-0.4, -0.2) is 24.1 Å². The molecule has 6 heteroatoms. The van der Waals surface area contributed by atoms with Gasteiger partial charge in [-0.1, -0.05) is 127 Å². The molecule has 8 aromatic carbocycles. The van der Waals surface area contributed by atoms with Gasteiger partial charge in [-0.2, -0.15) is 0 Å². The molecule has 0 fully saturated rings. The summed E-state index contributed by atoms with van der Waals surface area (Å²) in [5.41, 5.74) is 11.1. The second-order valence-electron chi connectivity index (χ2n) is 14.4. The van der Waals surface area contributed by atoms with Crippen LogP contribution in [0.15, 0.2) is 192 Å². The predicted octanol–water partition coefficient (Wildman–Crippen LogP) is 13.0. The molecule has 6 nitrogen and oxygen atoms in total. The summed E-state index contributed by atoms with van der Waals surface area (Å²) in [5, 5.41) is 6.83. The Morgan fingerprint density at radius 3 is 1.56 bits per heavy atom. The summed E-state index contributed by atoms with van der Waals surface area (Å²) in [6.07, 6.45) is 0. The number of nitrogens with zero attached hydrogens (tertiary/aromatic N) is 5. The van der Waals surface area contributed by atoms with E-state index in [0.717, 1.165) is 82.8 Å². The van der Waals surface area contributed by atoms with E-state index in [1.807, 2.05) is 66.7 Å². The van der Waals surface area contributed by atoms with Crippen LogP contribution in [0.2, 0.25) is 0 Å². The van der Waals surface area contributed by atoms with Crippen molar-refractivity contribution in [1.82, 2.24) is 24.1 Å². The molecule has 0 bridgehead atoms. The van der Waals surface area contributed by atoms with Crippen molar-refractivity contribution in [3.8, 4) is 45.5 Å². The Hall–Kier alpha value is -7.83. The maximum Gasteiger partial charge on any atom is 0.164 e. The van der Waals surface area contributed by atoms with E-state index in [0.29, 0.717) is 17.5 Å². The van der Waals surface area contributed by atoms with Crippen LogP contribution in [0, 0.1) is 0 Å². The van der Waals surface area contributed by atoms with Crippen LogP contribution >= 0.6 is 0 Å². The Bertz CT molecular complexity index is 3450. The van der Waals surface area contributed by atoms with Crippen LogP contribution in [0.3, 0.4) is 0 Å². The molecule has 0 aliphatic rings. The van der Waals surface area contributed by atoms with Crippen molar-refractivity contribution >= 4 is 65.6 Å². The number of hydrogen-bond donors (Lipinski definition) is 0. The van der Waals surface area contributed by atoms with E-state index in [2.05, 4.69) is 130 Å². The van der Waals surface area contributed by atoms with Crippen molar-refractivity contribution in [1.29, 1.82) is 0 Å². The van der Waals surface area contributed by atoms with E-state index in [1.54, 1.807) is 0 Å². The monoisotopic (exact) mass is 729 g/mol. The molecular formula is C51H31N5O. The average Bonchev–Trinajstić information content (AvgIpc) is 3.95. The summed E-state index contributed by atoms with van der Waals surface area (Å²) in [4.78, 5) is 15.1. The third-order valence-electron chi connectivity index (χ3n) is 11.1. The molecule has 4 aromatic heterocycles. The van der Waals surface area contributed by atoms with E-state index >= 15 is 0 Å². The predicted molar refractivity (Wildman–Crippen MR) is 232 cm³/mol. The topological polar surface area (TPSA) is 61.7 Å². The fourth-order valence-corrected chi connectivity index (χ4v) is 8.68. The summed E-state index contributed by atoms with van der Waals surface area (Å²) in [7, 11) is 0. The second-order valence-corrected chi connectivity index (χ2v) is 14.4. The van der Waals surface area contributed by atoms with Crippen molar-refractivity contribution in [2.24, 2.45) is 0 Å². The molecular weight excluding hydrogens is 699 g/mol. The molecule has 0 saturated carbocycles. The fourth-order valence-electron chi connectivity index (χ4n) is 8.68. The minimum absolute atomic E-state index is 0.610. The number of hydrogen-bond acceptors (Lipinski definition) is 4. The smallest absolute Gasteiger partial charge is 0.164 e. The van der Waals surface area contributed by atoms with Gasteiger partial charge in [-0.05, 0) is 60.7 Å². The Labute approximate surface area is 326 Å². The Kier molecular flexibility index (Phi) is 6.83. The first kappa shape index (κ1) is 31.5. The first-order valence-electron chi connectivity index (χ1n) is 19.1. The van der Waals surface area contributed by atoms with Crippen molar-refractivity contribution in [2.45, 2.75) is 0 Å². The van der Waals surface area contributed by atoms with Crippen LogP contribution in [0.5, 0.6) is 0 Å². The third-order valence-corrected chi connectivity index (χ3v) is 11.1. The van der Waals surface area contributed by atoms with Crippen LogP contribution in [-0.2, 0) is 0 Å². The maximum absolute atomic E-state index is 6.83. The average molecular weight is 730 g/mol. The van der Waals surface area contributed by atoms with Gasteiger partial charge in [-0.15, -0.1) is 0 Å². The summed E-state index contributed by atoms with van der Waals surface area (Å²) in [6.45, 7) is 0. The lowest BCUT2D eigenvalue weighted by molar-refractivity contribution is 0.673. The molecule has 12 rings (SSSR count). The molecule has 57 heavy (non-hydrogen) atoms. The van der Waals surface area contributed by atoms with Crippen LogP contribution in [0.4, 0.5) is 0 Å². The number of benzene rings is 8. The van der Waals surface area contributed by atoms with Crippen LogP contribution < -0.4 is 0 Å². The number of furan rings is 1. The number of para-hydroxylation sites is 3. The lowest BCUT2D eigenvalue weighted by atomic mass is 10.0. The molecule has 0 spiro atoms. The van der Waals surface area contributed by atoms with Gasteiger partial charge in [0, 0.05) is 55.0 Å². The highest BCUT2D eigenvalue weighted by Gasteiger charge is 2.24. The highest BCUT2D eigenvalue weighted by atomic mass is 16.3. The SMILES string of the molecule is c1ccc(-c2nc(-c3ccccc3)nc(-c3cccc(-n4c5ccc6c7ccccc7oc6c5c5c6c7ccccc7n(-c7ccccc7)c6ccc54)c3)n2)cc1. The zero-order valence-corrected chi connectivity index (χ0v) is 30.5. The van der Waals surface area contributed by atoms with Crippen molar-refractivity contribution in [3.63, 3.8) is 0 Å². The first-order valence-corrected chi connectivity index (χ1v) is 19.1. The number of fused-ring (bicyclic) bond motifs is 11. The first-order chi connectivity index (χ1) is 28.3. The number of rotatable bonds is 5. The lowest BCUT2D eigenvalue weighted by Gasteiger charge is -2.12. The van der Waals surface area contributed by atoms with E-state index in [4.69, 9.17) is 19.4 Å². The van der Waals surface area contributed by atoms with Gasteiger partial charge < -0.3 is 13.6 Å². The minimum Gasteiger partial charge on any atom is -0.455 e. The van der Waals surface area contributed by atoms with Gasteiger partial charge in [0.2, 0.25) is 0 Å². The zero-order valence-electron chi connectivity index (χ0n) is 30.5. The molecule has 266 valence electrons.